The van der Waals surface area contributed by atoms with E-state index in [1.807, 2.05) is 12.1 Å². The average molecular weight is 441 g/mol. The molecule has 0 spiro atoms. The molecule has 1 aromatic carbocycles. The Kier molecular flexibility index (Phi) is 6.91. The van der Waals surface area contributed by atoms with Crippen LogP contribution in [0.25, 0.3) is 0 Å². The van der Waals surface area contributed by atoms with Gasteiger partial charge in [0.2, 0.25) is 5.91 Å². The highest BCUT2D eigenvalue weighted by molar-refractivity contribution is 6.31. The molecule has 0 radical (unpaired) electrons. The number of aromatic nitrogens is 1. The molecule has 162 valence electrons. The van der Waals surface area contributed by atoms with Gasteiger partial charge in [-0.1, -0.05) is 30.2 Å². The summed E-state index contributed by atoms with van der Waals surface area (Å²) >= 11 is 5.93. The molecule has 1 aliphatic carbocycles. The highest BCUT2D eigenvalue weighted by atomic mass is 35.5. The number of unbranched alkanes of at least 4 members (excludes halogenated alkanes) is 1. The molecule has 2 N–H and O–H groups in total. The lowest BCUT2D eigenvalue weighted by molar-refractivity contribution is -0.137. The minimum atomic E-state index is -4.53. The fourth-order valence-corrected chi connectivity index (χ4v) is 3.95. The summed E-state index contributed by atoms with van der Waals surface area (Å²) in [5.74, 6) is -0.0870. The van der Waals surface area contributed by atoms with Crippen LogP contribution in [0.4, 0.5) is 13.2 Å². The standard InChI is InChI=1S/C22H24ClF3N2O2/c1-27-20(29)5-3-2-4-15(14-8-10-17(18(23)12-14)22(24,25)26)19-11-9-16(13-6-7-13)21(30)28-19/h8-13,15H,2-7H2,1H3,(H,27,29)(H,28,30). The van der Waals surface area contributed by atoms with Crippen molar-refractivity contribution in [3.63, 3.8) is 0 Å². The summed E-state index contributed by atoms with van der Waals surface area (Å²) in [5.41, 5.74) is 0.956. The number of amides is 1. The smallest absolute Gasteiger partial charge is 0.359 e. The second kappa shape index (κ2) is 9.25. The van der Waals surface area contributed by atoms with E-state index in [0.717, 1.165) is 24.5 Å². The van der Waals surface area contributed by atoms with Crippen LogP contribution in [0.3, 0.4) is 0 Å². The quantitative estimate of drug-likeness (QED) is 0.542. The lowest BCUT2D eigenvalue weighted by atomic mass is 9.89. The predicted molar refractivity (Wildman–Crippen MR) is 110 cm³/mol. The minimum absolute atomic E-state index is 0.0636. The van der Waals surface area contributed by atoms with E-state index in [1.54, 1.807) is 7.05 Å². The molecule has 1 aliphatic rings. The normalized spacial score (nSPS) is 15.1. The van der Waals surface area contributed by atoms with Crippen LogP contribution >= 0.6 is 11.6 Å². The second-order valence-corrected chi connectivity index (χ2v) is 8.09. The topological polar surface area (TPSA) is 62.0 Å². The first-order valence-electron chi connectivity index (χ1n) is 10.0. The molecule has 0 saturated heterocycles. The zero-order valence-electron chi connectivity index (χ0n) is 16.6. The number of hydrogen-bond donors (Lipinski definition) is 2. The zero-order chi connectivity index (χ0) is 21.9. The van der Waals surface area contributed by atoms with E-state index in [9.17, 15) is 22.8 Å². The van der Waals surface area contributed by atoms with Crippen molar-refractivity contribution in [2.75, 3.05) is 7.05 Å². The molecule has 1 unspecified atom stereocenters. The van der Waals surface area contributed by atoms with Gasteiger partial charge >= 0.3 is 6.18 Å². The maximum Gasteiger partial charge on any atom is 0.417 e. The van der Waals surface area contributed by atoms with E-state index in [0.29, 0.717) is 42.9 Å². The number of aromatic amines is 1. The fraction of sp³-hybridized carbons (Fsp3) is 0.455. The van der Waals surface area contributed by atoms with Crippen molar-refractivity contribution in [3.05, 3.63) is 68.1 Å². The number of benzene rings is 1. The van der Waals surface area contributed by atoms with Crippen LogP contribution in [-0.4, -0.2) is 17.9 Å². The van der Waals surface area contributed by atoms with E-state index < -0.39 is 11.7 Å². The maximum atomic E-state index is 13.1. The zero-order valence-corrected chi connectivity index (χ0v) is 17.4. The monoisotopic (exact) mass is 440 g/mol. The molecule has 2 aromatic rings. The summed E-state index contributed by atoms with van der Waals surface area (Å²) in [5, 5.41) is 2.20. The second-order valence-electron chi connectivity index (χ2n) is 7.68. The highest BCUT2D eigenvalue weighted by Crippen LogP contribution is 2.40. The third kappa shape index (κ3) is 5.45. The molecule has 0 aliphatic heterocycles. The molecular weight excluding hydrogens is 417 g/mol. The Hall–Kier alpha value is -2.28. The maximum absolute atomic E-state index is 13.1. The van der Waals surface area contributed by atoms with Gasteiger partial charge in [-0.2, -0.15) is 13.2 Å². The van der Waals surface area contributed by atoms with Crippen molar-refractivity contribution < 1.29 is 18.0 Å². The Morgan fingerprint density at radius 1 is 1.23 bits per heavy atom. The first-order chi connectivity index (χ1) is 14.2. The van der Waals surface area contributed by atoms with Gasteiger partial charge in [0.25, 0.3) is 5.56 Å². The van der Waals surface area contributed by atoms with Gasteiger partial charge in [-0.25, -0.2) is 0 Å². The number of carbonyl (C=O) groups is 1. The number of hydrogen-bond acceptors (Lipinski definition) is 2. The predicted octanol–water partition coefficient (Wildman–Crippen LogP) is 5.36. The van der Waals surface area contributed by atoms with Crippen LogP contribution < -0.4 is 10.9 Å². The number of nitrogens with one attached hydrogen (secondary N) is 2. The van der Waals surface area contributed by atoms with E-state index in [4.69, 9.17) is 11.6 Å². The molecule has 1 fully saturated rings. The number of alkyl halides is 3. The van der Waals surface area contributed by atoms with Crippen LogP contribution in [0.2, 0.25) is 5.02 Å². The van der Waals surface area contributed by atoms with E-state index in [1.165, 1.54) is 12.1 Å². The number of halogens is 4. The average Bonchev–Trinajstić information content (AvgIpc) is 3.51. The summed E-state index contributed by atoms with van der Waals surface area (Å²) < 4.78 is 39.2. The van der Waals surface area contributed by atoms with E-state index >= 15 is 0 Å². The van der Waals surface area contributed by atoms with Crippen molar-refractivity contribution in [1.29, 1.82) is 0 Å². The van der Waals surface area contributed by atoms with Crippen LogP contribution in [-0.2, 0) is 11.0 Å². The van der Waals surface area contributed by atoms with Gasteiger partial charge in [0.15, 0.2) is 0 Å². The van der Waals surface area contributed by atoms with Crippen LogP contribution in [0.15, 0.2) is 35.1 Å². The fourth-order valence-electron chi connectivity index (χ4n) is 3.66. The van der Waals surface area contributed by atoms with E-state index in [-0.39, 0.29) is 22.4 Å². The Balaban J connectivity index is 1.87. The molecule has 8 heteroatoms. The Morgan fingerprint density at radius 3 is 2.53 bits per heavy atom. The summed E-state index contributed by atoms with van der Waals surface area (Å²) in [6.07, 6.45) is -0.290. The first kappa shape index (κ1) is 22.4. The van der Waals surface area contributed by atoms with Gasteiger partial charge in [0, 0.05) is 30.6 Å². The summed E-state index contributed by atoms with van der Waals surface area (Å²) in [4.78, 5) is 26.8. The molecule has 3 rings (SSSR count). The van der Waals surface area contributed by atoms with Gasteiger partial charge in [-0.15, -0.1) is 0 Å². The van der Waals surface area contributed by atoms with Gasteiger partial charge < -0.3 is 10.3 Å². The van der Waals surface area contributed by atoms with Gasteiger partial charge in [0.05, 0.1) is 10.6 Å². The molecule has 4 nitrogen and oxygen atoms in total. The molecule has 1 aromatic heterocycles. The molecule has 1 atom stereocenters. The number of pyridine rings is 1. The summed E-state index contributed by atoms with van der Waals surface area (Å²) in [7, 11) is 1.57. The SMILES string of the molecule is CNC(=O)CCCCC(c1ccc(C(F)(F)F)c(Cl)c1)c1ccc(C2CC2)c(=O)[nH]1. The number of rotatable bonds is 8. The summed E-state index contributed by atoms with van der Waals surface area (Å²) in [6, 6.07) is 7.36. The van der Waals surface area contributed by atoms with Crippen molar-refractivity contribution in [3.8, 4) is 0 Å². The third-order valence-corrected chi connectivity index (χ3v) is 5.79. The van der Waals surface area contributed by atoms with Gasteiger partial charge in [-0.05, 0) is 55.4 Å². The van der Waals surface area contributed by atoms with Crippen molar-refractivity contribution >= 4 is 17.5 Å². The minimum Gasteiger partial charge on any atom is -0.359 e. The van der Waals surface area contributed by atoms with Crippen molar-refractivity contribution in [1.82, 2.24) is 10.3 Å². The van der Waals surface area contributed by atoms with Crippen molar-refractivity contribution in [2.45, 2.75) is 56.5 Å². The Bertz CT molecular complexity index is 968. The molecule has 1 saturated carbocycles. The summed E-state index contributed by atoms with van der Waals surface area (Å²) in [6.45, 7) is 0. The first-order valence-corrected chi connectivity index (χ1v) is 10.4. The Labute approximate surface area is 177 Å². The van der Waals surface area contributed by atoms with Gasteiger partial charge in [-0.3, -0.25) is 9.59 Å². The van der Waals surface area contributed by atoms with E-state index in [2.05, 4.69) is 10.3 Å². The molecular formula is C22H24ClF3N2O2. The third-order valence-electron chi connectivity index (χ3n) is 5.48. The lowest BCUT2D eigenvalue weighted by Crippen LogP contribution is -2.18. The van der Waals surface area contributed by atoms with Crippen LogP contribution in [0.5, 0.6) is 0 Å². The number of carbonyl (C=O) groups excluding carboxylic acids is 1. The lowest BCUT2D eigenvalue weighted by Gasteiger charge is -2.20. The van der Waals surface area contributed by atoms with Crippen molar-refractivity contribution in [2.24, 2.45) is 0 Å². The Morgan fingerprint density at radius 2 is 1.97 bits per heavy atom. The molecule has 1 heterocycles. The molecule has 0 bridgehead atoms. The molecule has 30 heavy (non-hydrogen) atoms. The largest absolute Gasteiger partial charge is 0.417 e. The van der Waals surface area contributed by atoms with Gasteiger partial charge in [0.1, 0.15) is 0 Å². The molecule has 1 amide bonds. The highest BCUT2D eigenvalue weighted by Gasteiger charge is 2.33. The number of H-pyrrole nitrogens is 1. The van der Waals surface area contributed by atoms with Crippen LogP contribution in [0.1, 0.15) is 72.7 Å². The van der Waals surface area contributed by atoms with Crippen LogP contribution in [0, 0.1) is 0 Å².